The molecule has 2 aromatic rings. The van der Waals surface area contributed by atoms with E-state index >= 15 is 0 Å². The zero-order valence-electron chi connectivity index (χ0n) is 15.3. The number of likely N-dealkylation sites (tertiary alicyclic amines) is 1. The maximum atomic E-state index is 13.4. The maximum absolute atomic E-state index is 13.4. The van der Waals surface area contributed by atoms with E-state index in [2.05, 4.69) is 0 Å². The highest BCUT2D eigenvalue weighted by Gasteiger charge is 2.70. The number of aliphatic carboxylic acids is 1. The molecule has 2 fully saturated rings. The van der Waals surface area contributed by atoms with Gasteiger partial charge in [-0.25, -0.2) is 0 Å². The molecule has 2 saturated heterocycles. The van der Waals surface area contributed by atoms with E-state index in [1.54, 1.807) is 0 Å². The van der Waals surface area contributed by atoms with Crippen LogP contribution in [0.4, 0.5) is 0 Å². The second-order valence-corrected chi connectivity index (χ2v) is 7.79. The van der Waals surface area contributed by atoms with Gasteiger partial charge in [0.1, 0.15) is 11.5 Å². The summed E-state index contributed by atoms with van der Waals surface area (Å²) < 4.78 is 6.23. The van der Waals surface area contributed by atoms with Crippen molar-refractivity contribution in [2.75, 3.05) is 0 Å². The largest absolute Gasteiger partial charge is 0.481 e. The molecule has 2 bridgehead atoms. The normalized spacial score (nSPS) is 32.7. The van der Waals surface area contributed by atoms with Crippen molar-refractivity contribution < 1.29 is 19.4 Å². The minimum Gasteiger partial charge on any atom is -0.481 e. The first-order chi connectivity index (χ1) is 13.6. The van der Waals surface area contributed by atoms with Crippen molar-refractivity contribution in [2.45, 2.75) is 30.7 Å². The molecule has 28 heavy (non-hydrogen) atoms. The summed E-state index contributed by atoms with van der Waals surface area (Å²) in [4.78, 5) is 27.2. The molecule has 0 aliphatic carbocycles. The molecule has 3 aliphatic rings. The van der Waals surface area contributed by atoms with E-state index < -0.39 is 29.5 Å². The van der Waals surface area contributed by atoms with Gasteiger partial charge in [-0.1, -0.05) is 72.8 Å². The number of carbonyl (C=O) groups is 2. The van der Waals surface area contributed by atoms with Crippen LogP contribution in [0.3, 0.4) is 0 Å². The zero-order chi connectivity index (χ0) is 19.3. The highest BCUT2D eigenvalue weighted by Crippen LogP contribution is 2.55. The predicted molar refractivity (Wildman–Crippen MR) is 102 cm³/mol. The Bertz CT molecular complexity index is 942. The van der Waals surface area contributed by atoms with Crippen LogP contribution in [0.2, 0.25) is 0 Å². The molecule has 1 amide bonds. The molecule has 0 radical (unpaired) electrons. The summed E-state index contributed by atoms with van der Waals surface area (Å²) in [6.07, 6.45) is 3.87. The first-order valence-electron chi connectivity index (χ1n) is 9.58. The summed E-state index contributed by atoms with van der Waals surface area (Å²) >= 11 is 0. The third-order valence-corrected chi connectivity index (χ3v) is 6.28. The highest BCUT2D eigenvalue weighted by atomic mass is 16.5. The molecule has 0 aromatic heterocycles. The van der Waals surface area contributed by atoms with E-state index in [1.165, 1.54) is 0 Å². The van der Waals surface area contributed by atoms with Crippen LogP contribution in [-0.2, 0) is 27.3 Å². The van der Waals surface area contributed by atoms with Crippen LogP contribution in [0.5, 0.6) is 0 Å². The van der Waals surface area contributed by atoms with Crippen molar-refractivity contribution in [1.82, 2.24) is 4.90 Å². The number of carboxylic acid groups (broad SMARTS) is 1. The van der Waals surface area contributed by atoms with Crippen molar-refractivity contribution in [1.29, 1.82) is 0 Å². The fraction of sp³-hybridized carbons (Fsp3) is 0.304. The molecular formula is C23H21NO4. The number of carboxylic acids is 1. The summed E-state index contributed by atoms with van der Waals surface area (Å²) in [5.41, 5.74) is 1.26. The van der Waals surface area contributed by atoms with Crippen LogP contribution in [0.15, 0.2) is 72.8 Å². The number of nitrogens with zero attached hydrogens (tertiary/aromatic N) is 1. The van der Waals surface area contributed by atoms with Crippen LogP contribution in [0.25, 0.3) is 0 Å². The smallest absolute Gasteiger partial charge is 0.310 e. The summed E-state index contributed by atoms with van der Waals surface area (Å²) in [5.74, 6) is -2.58. The Balaban J connectivity index is 1.56. The Morgan fingerprint density at radius 2 is 1.68 bits per heavy atom. The van der Waals surface area contributed by atoms with Gasteiger partial charge in [-0.15, -0.1) is 0 Å². The average Bonchev–Trinajstić information content (AvgIpc) is 3.34. The number of ether oxygens (including phenoxy) is 1. The van der Waals surface area contributed by atoms with Gasteiger partial charge in [-0.3, -0.25) is 9.59 Å². The molecule has 1 spiro atoms. The van der Waals surface area contributed by atoms with Gasteiger partial charge in [0.2, 0.25) is 5.91 Å². The van der Waals surface area contributed by atoms with E-state index in [9.17, 15) is 14.7 Å². The SMILES string of the molecule is O=C(O)[C@@H]1[C@@H]2C=C[C@]3(O2)[C@@H]1C(=O)N(Cc1ccccc1)[C@H]3Cc1ccccc1. The lowest BCUT2D eigenvalue weighted by Gasteiger charge is -2.33. The lowest BCUT2D eigenvalue weighted by molar-refractivity contribution is -0.148. The number of amides is 1. The Hall–Kier alpha value is -2.92. The van der Waals surface area contributed by atoms with Crippen LogP contribution < -0.4 is 0 Å². The number of carbonyl (C=O) groups excluding carboxylic acids is 1. The minimum atomic E-state index is -0.963. The van der Waals surface area contributed by atoms with Crippen molar-refractivity contribution in [2.24, 2.45) is 11.8 Å². The molecule has 5 heteroatoms. The van der Waals surface area contributed by atoms with Gasteiger partial charge < -0.3 is 14.7 Å². The van der Waals surface area contributed by atoms with Gasteiger partial charge in [0.25, 0.3) is 0 Å². The number of benzene rings is 2. The second-order valence-electron chi connectivity index (χ2n) is 7.79. The van der Waals surface area contributed by atoms with Gasteiger partial charge >= 0.3 is 5.97 Å². The standard InChI is InChI=1S/C23H21NO4/c25-21-20-19(22(26)27)17-11-12-23(20,28-17)18(13-15-7-3-1-4-8-15)24(21)14-16-9-5-2-6-10-16/h1-12,17-20H,13-14H2,(H,26,27)/t17-,18-,19+,20-,23+/m0/s1. The fourth-order valence-corrected chi connectivity index (χ4v) is 5.08. The minimum absolute atomic E-state index is 0.121. The van der Waals surface area contributed by atoms with Gasteiger partial charge in [0.05, 0.1) is 18.1 Å². The van der Waals surface area contributed by atoms with E-state index in [4.69, 9.17) is 4.74 Å². The quantitative estimate of drug-likeness (QED) is 0.816. The van der Waals surface area contributed by atoms with Crippen molar-refractivity contribution >= 4 is 11.9 Å². The maximum Gasteiger partial charge on any atom is 0.310 e. The summed E-state index contributed by atoms with van der Waals surface area (Å²) in [7, 11) is 0. The number of hydrogen-bond donors (Lipinski definition) is 1. The fourth-order valence-electron chi connectivity index (χ4n) is 5.08. The molecule has 5 nitrogen and oxygen atoms in total. The van der Waals surface area contributed by atoms with Crippen molar-refractivity contribution in [3.05, 3.63) is 83.9 Å². The summed E-state index contributed by atoms with van der Waals surface area (Å²) in [6, 6.07) is 19.6. The molecule has 0 unspecified atom stereocenters. The van der Waals surface area contributed by atoms with Crippen LogP contribution in [0.1, 0.15) is 11.1 Å². The number of rotatable bonds is 5. The Labute approximate surface area is 163 Å². The Kier molecular flexibility index (Phi) is 3.88. The molecule has 5 atom stereocenters. The summed E-state index contributed by atoms with van der Waals surface area (Å²) in [6.45, 7) is 0.448. The molecular weight excluding hydrogens is 354 g/mol. The highest BCUT2D eigenvalue weighted by molar-refractivity contribution is 5.91. The summed E-state index contributed by atoms with van der Waals surface area (Å²) in [5, 5.41) is 9.76. The van der Waals surface area contributed by atoms with Gasteiger partial charge in [0.15, 0.2) is 0 Å². The van der Waals surface area contributed by atoms with E-state index in [0.717, 1.165) is 11.1 Å². The first-order valence-corrected chi connectivity index (χ1v) is 9.58. The predicted octanol–water partition coefficient (Wildman–Crippen LogP) is 2.66. The molecule has 3 heterocycles. The number of hydrogen-bond acceptors (Lipinski definition) is 3. The average molecular weight is 375 g/mol. The molecule has 0 saturated carbocycles. The van der Waals surface area contributed by atoms with Gasteiger partial charge in [-0.2, -0.15) is 0 Å². The monoisotopic (exact) mass is 375 g/mol. The lowest BCUT2D eigenvalue weighted by Crippen LogP contribution is -2.46. The Morgan fingerprint density at radius 1 is 1.04 bits per heavy atom. The van der Waals surface area contributed by atoms with Crippen molar-refractivity contribution in [3.63, 3.8) is 0 Å². The van der Waals surface area contributed by atoms with E-state index in [0.29, 0.717) is 13.0 Å². The van der Waals surface area contributed by atoms with Crippen LogP contribution >= 0.6 is 0 Å². The molecule has 5 rings (SSSR count). The van der Waals surface area contributed by atoms with Gasteiger partial charge in [0, 0.05) is 6.54 Å². The third-order valence-electron chi connectivity index (χ3n) is 6.28. The van der Waals surface area contributed by atoms with Crippen LogP contribution in [0, 0.1) is 11.8 Å². The van der Waals surface area contributed by atoms with Gasteiger partial charge in [-0.05, 0) is 17.5 Å². The molecule has 2 aromatic carbocycles. The third kappa shape index (κ3) is 2.43. The lowest BCUT2D eigenvalue weighted by atomic mass is 9.74. The van der Waals surface area contributed by atoms with E-state index in [-0.39, 0.29) is 11.9 Å². The van der Waals surface area contributed by atoms with E-state index in [1.807, 2.05) is 77.7 Å². The Morgan fingerprint density at radius 3 is 2.32 bits per heavy atom. The number of fused-ring (bicyclic) bond motifs is 1. The second kappa shape index (κ2) is 6.31. The van der Waals surface area contributed by atoms with Crippen molar-refractivity contribution in [3.8, 4) is 0 Å². The first kappa shape index (κ1) is 17.2. The molecule has 1 N–H and O–H groups in total. The zero-order valence-corrected chi connectivity index (χ0v) is 15.3. The topological polar surface area (TPSA) is 66.8 Å². The van der Waals surface area contributed by atoms with Crippen LogP contribution in [-0.4, -0.2) is 39.6 Å². The molecule has 3 aliphatic heterocycles. The molecule has 142 valence electrons.